The van der Waals surface area contributed by atoms with Crippen molar-refractivity contribution in [1.29, 1.82) is 0 Å². The first-order valence-electron chi connectivity index (χ1n) is 7.59. The van der Waals surface area contributed by atoms with Crippen LogP contribution < -0.4 is 0 Å². The Morgan fingerprint density at radius 1 is 1.08 bits per heavy atom. The Kier molecular flexibility index (Phi) is 3.93. The van der Waals surface area contributed by atoms with Crippen LogP contribution in [0.25, 0.3) is 0 Å². The summed E-state index contributed by atoms with van der Waals surface area (Å²) in [5.41, 5.74) is 3.79. The third-order valence-corrected chi connectivity index (χ3v) is 4.30. The molecule has 1 aliphatic carbocycles. The van der Waals surface area contributed by atoms with Gasteiger partial charge in [-0.3, -0.25) is 9.59 Å². The van der Waals surface area contributed by atoms with E-state index in [1.54, 1.807) is 31.2 Å². The molecular formula is C19H17NO4. The molecule has 1 N–H and O–H groups in total. The van der Waals surface area contributed by atoms with E-state index in [9.17, 15) is 14.4 Å². The molecule has 0 radical (unpaired) electrons. The molecule has 5 heteroatoms. The van der Waals surface area contributed by atoms with E-state index in [-0.39, 0.29) is 18.0 Å². The normalized spacial score (nSPS) is 13.5. The maximum Gasteiger partial charge on any atom is 0.339 e. The average molecular weight is 323 g/mol. The summed E-state index contributed by atoms with van der Waals surface area (Å²) < 4.78 is 4.83. The van der Waals surface area contributed by atoms with Gasteiger partial charge in [-0.1, -0.05) is 24.3 Å². The molecule has 0 saturated carbocycles. The number of methoxy groups -OCH3 is 1. The van der Waals surface area contributed by atoms with Gasteiger partial charge in [0.05, 0.1) is 12.7 Å². The monoisotopic (exact) mass is 323 g/mol. The van der Waals surface area contributed by atoms with Gasteiger partial charge in [0.15, 0.2) is 11.6 Å². The van der Waals surface area contributed by atoms with Gasteiger partial charge in [0.2, 0.25) is 0 Å². The summed E-state index contributed by atoms with van der Waals surface area (Å²) >= 11 is 0. The standard InChI is InChI=1S/C19H17NO4/c1-10-15(17(11(2)20-10)19(23)24-3)8-12-9-16(21)13-6-4-5-7-14(13)18(12)22/h4-7,9,20H,8H2,1-3H3. The van der Waals surface area contributed by atoms with Crippen LogP contribution in [0.1, 0.15) is 48.0 Å². The molecule has 0 unspecified atom stereocenters. The molecule has 0 fully saturated rings. The van der Waals surface area contributed by atoms with Crippen molar-refractivity contribution in [1.82, 2.24) is 4.98 Å². The number of H-pyrrole nitrogens is 1. The molecule has 122 valence electrons. The molecule has 3 rings (SSSR count). The number of carbonyl (C=O) groups is 3. The van der Waals surface area contributed by atoms with E-state index >= 15 is 0 Å². The van der Waals surface area contributed by atoms with Gasteiger partial charge in [0.1, 0.15) is 0 Å². The van der Waals surface area contributed by atoms with Crippen LogP contribution in [-0.2, 0) is 11.2 Å². The highest BCUT2D eigenvalue weighted by molar-refractivity contribution is 6.24. The summed E-state index contributed by atoms with van der Waals surface area (Å²) in [5, 5.41) is 0. The zero-order chi connectivity index (χ0) is 17.4. The number of aromatic amines is 1. The lowest BCUT2D eigenvalue weighted by atomic mass is 9.86. The molecule has 1 aromatic heterocycles. The van der Waals surface area contributed by atoms with Crippen LogP contribution in [0.3, 0.4) is 0 Å². The van der Waals surface area contributed by atoms with Gasteiger partial charge >= 0.3 is 5.97 Å². The number of aromatic nitrogens is 1. The van der Waals surface area contributed by atoms with Crippen molar-refractivity contribution in [2.75, 3.05) is 7.11 Å². The molecule has 1 heterocycles. The number of fused-ring (bicyclic) bond motifs is 1. The van der Waals surface area contributed by atoms with Crippen molar-refractivity contribution < 1.29 is 19.1 Å². The van der Waals surface area contributed by atoms with E-state index in [2.05, 4.69) is 4.98 Å². The molecule has 0 saturated heterocycles. The van der Waals surface area contributed by atoms with Crippen LogP contribution in [0, 0.1) is 13.8 Å². The summed E-state index contributed by atoms with van der Waals surface area (Å²) in [7, 11) is 1.32. The number of hydrogen-bond donors (Lipinski definition) is 1. The Labute approximate surface area is 139 Å². The summed E-state index contributed by atoms with van der Waals surface area (Å²) in [6.45, 7) is 3.61. The highest BCUT2D eigenvalue weighted by Gasteiger charge is 2.28. The molecular weight excluding hydrogens is 306 g/mol. The average Bonchev–Trinajstić information content (AvgIpc) is 2.85. The van der Waals surface area contributed by atoms with Crippen molar-refractivity contribution in [3.63, 3.8) is 0 Å². The Morgan fingerprint density at radius 3 is 2.42 bits per heavy atom. The molecule has 1 aromatic carbocycles. The quantitative estimate of drug-likeness (QED) is 0.881. The van der Waals surface area contributed by atoms with Crippen molar-refractivity contribution in [2.45, 2.75) is 20.3 Å². The van der Waals surface area contributed by atoms with E-state index in [0.29, 0.717) is 33.5 Å². The fourth-order valence-electron chi connectivity index (χ4n) is 3.12. The van der Waals surface area contributed by atoms with E-state index in [1.165, 1.54) is 13.2 Å². The van der Waals surface area contributed by atoms with Gasteiger partial charge in [-0.05, 0) is 25.5 Å². The first-order chi connectivity index (χ1) is 11.4. The molecule has 0 spiro atoms. The van der Waals surface area contributed by atoms with Crippen molar-refractivity contribution in [3.8, 4) is 0 Å². The maximum atomic E-state index is 12.7. The minimum absolute atomic E-state index is 0.181. The minimum Gasteiger partial charge on any atom is -0.465 e. The summed E-state index contributed by atoms with van der Waals surface area (Å²) in [6.07, 6.45) is 1.58. The van der Waals surface area contributed by atoms with Crippen LogP contribution in [0.15, 0.2) is 35.9 Å². The lowest BCUT2D eigenvalue weighted by Crippen LogP contribution is -2.19. The highest BCUT2D eigenvalue weighted by Crippen LogP contribution is 2.27. The number of rotatable bonds is 3. The molecule has 2 aromatic rings. The molecule has 0 amide bonds. The van der Waals surface area contributed by atoms with Gasteiger partial charge in [-0.25, -0.2) is 4.79 Å². The molecule has 0 atom stereocenters. The zero-order valence-electron chi connectivity index (χ0n) is 13.7. The highest BCUT2D eigenvalue weighted by atomic mass is 16.5. The summed E-state index contributed by atoms with van der Waals surface area (Å²) in [5.74, 6) is -0.827. The van der Waals surface area contributed by atoms with E-state index < -0.39 is 5.97 Å². The molecule has 5 nitrogen and oxygen atoms in total. The van der Waals surface area contributed by atoms with Gasteiger partial charge in [-0.2, -0.15) is 0 Å². The van der Waals surface area contributed by atoms with Crippen LogP contribution >= 0.6 is 0 Å². The maximum absolute atomic E-state index is 12.7. The van der Waals surface area contributed by atoms with Crippen LogP contribution in [0.4, 0.5) is 0 Å². The van der Waals surface area contributed by atoms with Crippen LogP contribution in [0.5, 0.6) is 0 Å². The number of aryl methyl sites for hydroxylation is 2. The lowest BCUT2D eigenvalue weighted by Gasteiger charge is -2.15. The largest absolute Gasteiger partial charge is 0.465 e. The Morgan fingerprint density at radius 2 is 1.75 bits per heavy atom. The number of hydrogen-bond acceptors (Lipinski definition) is 4. The van der Waals surface area contributed by atoms with Crippen LogP contribution in [-0.4, -0.2) is 29.6 Å². The van der Waals surface area contributed by atoms with E-state index in [0.717, 1.165) is 5.69 Å². The minimum atomic E-state index is -0.456. The number of benzene rings is 1. The molecule has 0 aliphatic heterocycles. The number of carbonyl (C=O) groups excluding carboxylic acids is 3. The molecule has 0 bridgehead atoms. The number of ketones is 2. The Hall–Kier alpha value is -2.95. The fourth-order valence-corrected chi connectivity index (χ4v) is 3.12. The second-order valence-corrected chi connectivity index (χ2v) is 5.81. The number of Topliss-reactive ketones (excluding diaryl/α,β-unsaturated/α-hetero) is 1. The van der Waals surface area contributed by atoms with Crippen molar-refractivity contribution in [2.24, 2.45) is 0 Å². The van der Waals surface area contributed by atoms with Gasteiger partial charge in [0, 0.05) is 34.5 Å². The third kappa shape index (κ3) is 2.48. The third-order valence-electron chi connectivity index (χ3n) is 4.30. The lowest BCUT2D eigenvalue weighted by molar-refractivity contribution is 0.0598. The molecule has 24 heavy (non-hydrogen) atoms. The fraction of sp³-hybridized carbons (Fsp3) is 0.211. The zero-order valence-corrected chi connectivity index (χ0v) is 13.7. The van der Waals surface area contributed by atoms with Gasteiger partial charge < -0.3 is 9.72 Å². The Bertz CT molecular complexity index is 902. The molecule has 1 aliphatic rings. The second-order valence-electron chi connectivity index (χ2n) is 5.81. The summed E-state index contributed by atoms with van der Waals surface area (Å²) in [6, 6.07) is 6.77. The number of allylic oxidation sites excluding steroid dienone is 2. The number of ether oxygens (including phenoxy) is 1. The topological polar surface area (TPSA) is 76.2 Å². The SMILES string of the molecule is COC(=O)c1c(C)[nH]c(C)c1CC1=CC(=O)c2ccccc2C1=O. The number of esters is 1. The smallest absolute Gasteiger partial charge is 0.339 e. The first kappa shape index (κ1) is 15.9. The van der Waals surface area contributed by atoms with E-state index in [1.807, 2.05) is 6.92 Å². The van der Waals surface area contributed by atoms with E-state index in [4.69, 9.17) is 4.74 Å². The Balaban J connectivity index is 2.03. The van der Waals surface area contributed by atoms with Gasteiger partial charge in [0.25, 0.3) is 0 Å². The van der Waals surface area contributed by atoms with Gasteiger partial charge in [-0.15, -0.1) is 0 Å². The number of nitrogens with one attached hydrogen (secondary N) is 1. The van der Waals surface area contributed by atoms with Crippen LogP contribution in [0.2, 0.25) is 0 Å². The van der Waals surface area contributed by atoms with Crippen molar-refractivity contribution in [3.05, 3.63) is 69.6 Å². The summed E-state index contributed by atoms with van der Waals surface area (Å²) in [4.78, 5) is 40.1. The van der Waals surface area contributed by atoms with Crippen molar-refractivity contribution >= 4 is 17.5 Å². The predicted octanol–water partition coefficient (Wildman–Crippen LogP) is 2.97. The predicted molar refractivity (Wildman–Crippen MR) is 88.5 cm³/mol. The second kappa shape index (κ2) is 5.92. The first-order valence-corrected chi connectivity index (χ1v) is 7.59.